The Morgan fingerprint density at radius 3 is 1.60 bits per heavy atom. The summed E-state index contributed by atoms with van der Waals surface area (Å²) in [4.78, 5) is 25.2. The van der Waals surface area contributed by atoms with Gasteiger partial charge in [-0.05, 0) is 18.3 Å². The Labute approximate surface area is 175 Å². The molecule has 2 aromatic rings. The molecule has 2 heterocycles. The Hall–Kier alpha value is -2.78. The fourth-order valence-corrected chi connectivity index (χ4v) is 3.88. The molecule has 0 unspecified atom stereocenters. The summed E-state index contributed by atoms with van der Waals surface area (Å²) in [6, 6.07) is 0. The Bertz CT molecular complexity index is 778. The third-order valence-corrected chi connectivity index (χ3v) is 5.48. The highest BCUT2D eigenvalue weighted by atomic mass is 16.4. The number of amides is 2. The molecule has 0 aromatic carbocycles. The fraction of sp³-hybridized carbons (Fsp3) is 0.700. The van der Waals surface area contributed by atoms with Crippen molar-refractivity contribution >= 4 is 11.8 Å². The van der Waals surface area contributed by atoms with Crippen molar-refractivity contribution in [2.75, 3.05) is 0 Å². The van der Waals surface area contributed by atoms with Crippen molar-refractivity contribution in [3.8, 4) is 0 Å². The van der Waals surface area contributed by atoms with Gasteiger partial charge in [-0.25, -0.2) is 0 Å². The second kappa shape index (κ2) is 10.3. The van der Waals surface area contributed by atoms with E-state index in [4.69, 9.17) is 8.83 Å². The molecule has 0 bridgehead atoms. The van der Waals surface area contributed by atoms with Gasteiger partial charge in [0.2, 0.25) is 35.4 Å². The van der Waals surface area contributed by atoms with Gasteiger partial charge in [0.15, 0.2) is 0 Å². The van der Waals surface area contributed by atoms with Gasteiger partial charge < -0.3 is 19.5 Å². The van der Waals surface area contributed by atoms with Crippen molar-refractivity contribution in [2.24, 2.45) is 5.41 Å². The minimum atomic E-state index is -0.334. The first kappa shape index (κ1) is 21.9. The van der Waals surface area contributed by atoms with E-state index in [1.54, 1.807) is 0 Å². The van der Waals surface area contributed by atoms with Gasteiger partial charge in [-0.2, -0.15) is 0 Å². The van der Waals surface area contributed by atoms with E-state index in [1.807, 2.05) is 13.8 Å². The maximum absolute atomic E-state index is 12.6. The molecular weight excluding hydrogens is 388 g/mol. The Morgan fingerprint density at radius 2 is 1.20 bits per heavy atom. The zero-order chi connectivity index (χ0) is 21.4. The molecule has 30 heavy (non-hydrogen) atoms. The Morgan fingerprint density at radius 1 is 0.767 bits per heavy atom. The average molecular weight is 418 g/mol. The number of aromatic nitrogens is 4. The molecule has 0 saturated heterocycles. The molecule has 3 rings (SSSR count). The zero-order valence-corrected chi connectivity index (χ0v) is 17.7. The molecule has 1 aliphatic rings. The Balaban J connectivity index is 1.52. The molecule has 2 N–H and O–H groups in total. The molecule has 1 saturated carbocycles. The molecule has 164 valence electrons. The highest BCUT2D eigenvalue weighted by Crippen LogP contribution is 2.42. The second-order valence-electron chi connectivity index (χ2n) is 7.85. The predicted molar refractivity (Wildman–Crippen MR) is 106 cm³/mol. The van der Waals surface area contributed by atoms with Crippen molar-refractivity contribution in [2.45, 2.75) is 84.7 Å². The van der Waals surface area contributed by atoms with Crippen LogP contribution in [0.2, 0.25) is 0 Å². The number of nitrogens with one attached hydrogen (secondary N) is 2. The van der Waals surface area contributed by atoms with E-state index < -0.39 is 0 Å². The van der Waals surface area contributed by atoms with Crippen LogP contribution in [0.1, 0.15) is 82.4 Å². The summed E-state index contributed by atoms with van der Waals surface area (Å²) in [6.07, 6.45) is 6.80. The third kappa shape index (κ3) is 6.11. The summed E-state index contributed by atoms with van der Waals surface area (Å²) >= 11 is 0. The topological polar surface area (TPSA) is 136 Å². The maximum atomic E-state index is 12.6. The van der Waals surface area contributed by atoms with Crippen LogP contribution in [0.15, 0.2) is 8.83 Å². The van der Waals surface area contributed by atoms with E-state index in [-0.39, 0.29) is 30.3 Å². The first-order valence-corrected chi connectivity index (χ1v) is 10.7. The molecule has 10 heteroatoms. The van der Waals surface area contributed by atoms with Crippen LogP contribution < -0.4 is 10.6 Å². The molecule has 0 aliphatic heterocycles. The first-order valence-electron chi connectivity index (χ1n) is 10.7. The normalized spacial score (nSPS) is 15.7. The average Bonchev–Trinajstić information content (AvgIpc) is 3.40. The Kier molecular flexibility index (Phi) is 7.53. The monoisotopic (exact) mass is 418 g/mol. The molecule has 2 aromatic heterocycles. The van der Waals surface area contributed by atoms with Crippen LogP contribution in [0.25, 0.3) is 0 Å². The van der Waals surface area contributed by atoms with Gasteiger partial charge >= 0.3 is 0 Å². The lowest BCUT2D eigenvalue weighted by Crippen LogP contribution is -2.37. The van der Waals surface area contributed by atoms with Crippen LogP contribution in [0.3, 0.4) is 0 Å². The lowest BCUT2D eigenvalue weighted by Gasteiger charge is -2.36. The van der Waals surface area contributed by atoms with E-state index >= 15 is 0 Å². The second-order valence-corrected chi connectivity index (χ2v) is 7.85. The van der Waals surface area contributed by atoms with Crippen LogP contribution in [0.4, 0.5) is 0 Å². The minimum absolute atomic E-state index is 0.106. The summed E-state index contributed by atoms with van der Waals surface area (Å²) in [7, 11) is 0. The summed E-state index contributed by atoms with van der Waals surface area (Å²) in [6.45, 7) is 4.25. The molecular formula is C20H30N6O4. The molecule has 0 spiro atoms. The number of rotatable bonds is 10. The van der Waals surface area contributed by atoms with E-state index in [9.17, 15) is 9.59 Å². The highest BCUT2D eigenvalue weighted by molar-refractivity contribution is 5.80. The lowest BCUT2D eigenvalue weighted by molar-refractivity contribution is -0.128. The van der Waals surface area contributed by atoms with Gasteiger partial charge in [0.1, 0.15) is 0 Å². The zero-order valence-electron chi connectivity index (χ0n) is 17.7. The van der Waals surface area contributed by atoms with Crippen molar-refractivity contribution in [3.05, 3.63) is 23.6 Å². The van der Waals surface area contributed by atoms with Gasteiger partial charge in [-0.15, -0.1) is 20.4 Å². The molecule has 0 radical (unpaired) electrons. The molecule has 10 nitrogen and oxygen atoms in total. The number of hydrogen-bond acceptors (Lipinski definition) is 8. The summed E-state index contributed by atoms with van der Waals surface area (Å²) in [5, 5.41) is 21.3. The summed E-state index contributed by atoms with van der Waals surface area (Å²) < 4.78 is 10.9. The molecule has 1 aliphatic carbocycles. The van der Waals surface area contributed by atoms with E-state index in [0.29, 0.717) is 49.2 Å². The first-order chi connectivity index (χ1) is 14.5. The SMILES string of the molecule is CCc1nnc(CNC(=O)CC2(CC(=O)NCc3nnc(CC)o3)CCCCC2)o1. The van der Waals surface area contributed by atoms with Gasteiger partial charge in [0.25, 0.3) is 0 Å². The highest BCUT2D eigenvalue weighted by Gasteiger charge is 2.36. The van der Waals surface area contributed by atoms with Gasteiger partial charge in [0, 0.05) is 25.7 Å². The van der Waals surface area contributed by atoms with Crippen LogP contribution >= 0.6 is 0 Å². The van der Waals surface area contributed by atoms with Gasteiger partial charge in [-0.3, -0.25) is 9.59 Å². The van der Waals surface area contributed by atoms with E-state index in [1.165, 1.54) is 0 Å². The summed E-state index contributed by atoms with van der Waals surface area (Å²) in [5.74, 6) is 1.66. The maximum Gasteiger partial charge on any atom is 0.235 e. The van der Waals surface area contributed by atoms with Crippen LogP contribution in [0, 0.1) is 5.41 Å². The van der Waals surface area contributed by atoms with Crippen molar-refractivity contribution in [1.29, 1.82) is 0 Å². The molecule has 2 amide bonds. The molecule has 0 atom stereocenters. The standard InChI is InChI=1S/C20H30N6O4/c1-3-16-23-25-18(29-16)12-21-14(27)10-20(8-6-5-7-9-20)11-15(28)22-13-19-26-24-17(4-2)30-19/h3-13H2,1-2H3,(H,21,27)(H,22,28). The third-order valence-electron chi connectivity index (χ3n) is 5.48. The number of nitrogens with zero attached hydrogens (tertiary/aromatic N) is 4. The van der Waals surface area contributed by atoms with Crippen molar-refractivity contribution < 1.29 is 18.4 Å². The van der Waals surface area contributed by atoms with E-state index in [2.05, 4.69) is 31.0 Å². The number of carbonyl (C=O) groups excluding carboxylic acids is 2. The summed E-state index contributed by atoms with van der Waals surface area (Å²) in [5.41, 5.74) is -0.334. The minimum Gasteiger partial charge on any atom is -0.423 e. The predicted octanol–water partition coefficient (Wildman–Crippen LogP) is 2.24. The van der Waals surface area contributed by atoms with Gasteiger partial charge in [0.05, 0.1) is 13.1 Å². The quantitative estimate of drug-likeness (QED) is 0.599. The van der Waals surface area contributed by atoms with Crippen LogP contribution in [-0.4, -0.2) is 32.2 Å². The number of aryl methyl sites for hydroxylation is 2. The van der Waals surface area contributed by atoms with Gasteiger partial charge in [-0.1, -0.05) is 33.1 Å². The number of hydrogen-bond donors (Lipinski definition) is 2. The van der Waals surface area contributed by atoms with E-state index in [0.717, 1.165) is 32.1 Å². The van der Waals surface area contributed by atoms with Crippen LogP contribution in [-0.2, 0) is 35.5 Å². The lowest BCUT2D eigenvalue weighted by atomic mass is 9.69. The van der Waals surface area contributed by atoms with Crippen LogP contribution in [0.5, 0.6) is 0 Å². The largest absolute Gasteiger partial charge is 0.423 e. The van der Waals surface area contributed by atoms with Crippen molar-refractivity contribution in [1.82, 2.24) is 31.0 Å². The van der Waals surface area contributed by atoms with Crippen molar-refractivity contribution in [3.63, 3.8) is 0 Å². The molecule has 1 fully saturated rings. The smallest absolute Gasteiger partial charge is 0.235 e. The number of carbonyl (C=O) groups is 2. The fourth-order valence-electron chi connectivity index (χ4n) is 3.88.